The van der Waals surface area contributed by atoms with Crippen molar-refractivity contribution in [3.05, 3.63) is 75.0 Å². The van der Waals surface area contributed by atoms with Gasteiger partial charge in [-0.05, 0) is 43.7 Å². The number of carbonyl (C=O) groups excluding carboxylic acids is 1. The van der Waals surface area contributed by atoms with Crippen molar-refractivity contribution in [2.24, 2.45) is 0 Å². The van der Waals surface area contributed by atoms with Gasteiger partial charge in [-0.25, -0.2) is 0 Å². The number of anilines is 1. The largest absolute Gasteiger partial charge is 0.497 e. The lowest BCUT2D eigenvalue weighted by Gasteiger charge is -2.09. The fourth-order valence-electron chi connectivity index (χ4n) is 2.84. The minimum absolute atomic E-state index is 0.232. The van der Waals surface area contributed by atoms with Crippen LogP contribution in [0.3, 0.4) is 0 Å². The molecule has 0 aliphatic carbocycles. The number of halogens is 2. The van der Waals surface area contributed by atoms with E-state index in [1.165, 1.54) is 0 Å². The predicted molar refractivity (Wildman–Crippen MR) is 108 cm³/mol. The molecule has 0 aliphatic rings. The second-order valence-electron chi connectivity index (χ2n) is 6.11. The van der Waals surface area contributed by atoms with E-state index in [2.05, 4.69) is 10.4 Å². The molecule has 0 fully saturated rings. The number of aromatic nitrogens is 2. The van der Waals surface area contributed by atoms with E-state index in [4.69, 9.17) is 27.9 Å². The Bertz CT molecular complexity index is 999. The van der Waals surface area contributed by atoms with E-state index >= 15 is 0 Å². The number of rotatable bonds is 5. The van der Waals surface area contributed by atoms with Gasteiger partial charge in [-0.2, -0.15) is 5.10 Å². The van der Waals surface area contributed by atoms with Crippen molar-refractivity contribution in [3.8, 4) is 5.75 Å². The lowest BCUT2D eigenvalue weighted by molar-refractivity contribution is 0.102. The van der Waals surface area contributed by atoms with Crippen LogP contribution >= 0.6 is 23.2 Å². The smallest absolute Gasteiger partial charge is 0.257 e. The van der Waals surface area contributed by atoms with E-state index in [0.717, 1.165) is 22.7 Å². The molecule has 0 saturated carbocycles. The first kappa shape index (κ1) is 19.3. The average molecular weight is 404 g/mol. The zero-order valence-corrected chi connectivity index (χ0v) is 16.7. The van der Waals surface area contributed by atoms with Crippen LogP contribution in [0.15, 0.2) is 42.5 Å². The van der Waals surface area contributed by atoms with E-state index in [-0.39, 0.29) is 10.9 Å². The van der Waals surface area contributed by atoms with Crippen molar-refractivity contribution in [2.45, 2.75) is 20.4 Å². The normalized spacial score (nSPS) is 10.7. The van der Waals surface area contributed by atoms with Crippen LogP contribution in [0.5, 0.6) is 5.75 Å². The molecule has 0 unspecified atom stereocenters. The number of nitrogens with zero attached hydrogens (tertiary/aromatic N) is 2. The van der Waals surface area contributed by atoms with Crippen molar-refractivity contribution >= 4 is 34.8 Å². The monoisotopic (exact) mass is 403 g/mol. The molecule has 7 heteroatoms. The Balaban J connectivity index is 1.85. The first-order valence-corrected chi connectivity index (χ1v) is 9.08. The van der Waals surface area contributed by atoms with Crippen molar-refractivity contribution in [2.75, 3.05) is 12.4 Å². The summed E-state index contributed by atoms with van der Waals surface area (Å²) in [5, 5.41) is 8.02. The number of benzene rings is 2. The highest BCUT2D eigenvalue weighted by atomic mass is 35.5. The molecule has 0 atom stereocenters. The van der Waals surface area contributed by atoms with Gasteiger partial charge in [0.05, 0.1) is 46.3 Å². The summed E-state index contributed by atoms with van der Waals surface area (Å²) in [6, 6.07) is 12.8. The summed E-state index contributed by atoms with van der Waals surface area (Å²) in [5.41, 5.74) is 3.61. The summed E-state index contributed by atoms with van der Waals surface area (Å²) in [6.45, 7) is 4.33. The van der Waals surface area contributed by atoms with Crippen LogP contribution < -0.4 is 10.1 Å². The molecule has 0 spiro atoms. The molecule has 27 heavy (non-hydrogen) atoms. The molecule has 1 amide bonds. The Morgan fingerprint density at radius 1 is 1.19 bits per heavy atom. The van der Waals surface area contributed by atoms with E-state index in [1.807, 2.05) is 42.8 Å². The number of aryl methyl sites for hydroxylation is 1. The Kier molecular flexibility index (Phi) is 5.73. The maximum Gasteiger partial charge on any atom is 0.257 e. The Hall–Kier alpha value is -2.50. The molecule has 1 N–H and O–H groups in total. The average Bonchev–Trinajstić information content (AvgIpc) is 2.91. The van der Waals surface area contributed by atoms with Crippen LogP contribution in [-0.4, -0.2) is 22.8 Å². The van der Waals surface area contributed by atoms with Gasteiger partial charge in [0.1, 0.15) is 5.75 Å². The predicted octanol–water partition coefficient (Wildman–Crippen LogP) is 5.12. The number of amides is 1. The lowest BCUT2D eigenvalue weighted by atomic mass is 10.2. The molecule has 1 aromatic heterocycles. The van der Waals surface area contributed by atoms with Gasteiger partial charge in [0.15, 0.2) is 0 Å². The van der Waals surface area contributed by atoms with E-state index < -0.39 is 0 Å². The third-order valence-electron chi connectivity index (χ3n) is 4.28. The number of carbonyl (C=O) groups is 1. The van der Waals surface area contributed by atoms with Crippen LogP contribution in [0.25, 0.3) is 0 Å². The van der Waals surface area contributed by atoms with Crippen molar-refractivity contribution in [3.63, 3.8) is 0 Å². The van der Waals surface area contributed by atoms with Crippen LogP contribution in [0.4, 0.5) is 5.69 Å². The lowest BCUT2D eigenvalue weighted by Crippen LogP contribution is -2.14. The molecule has 3 rings (SSSR count). The van der Waals surface area contributed by atoms with Crippen LogP contribution in [0, 0.1) is 13.8 Å². The summed E-state index contributed by atoms with van der Waals surface area (Å²) in [6.07, 6.45) is 0. The van der Waals surface area contributed by atoms with Gasteiger partial charge in [-0.3, -0.25) is 9.48 Å². The highest BCUT2D eigenvalue weighted by Gasteiger charge is 2.18. The molecule has 0 radical (unpaired) electrons. The fraction of sp³-hybridized carbons (Fsp3) is 0.200. The summed E-state index contributed by atoms with van der Waals surface area (Å²) >= 11 is 12.2. The number of nitrogens with one attached hydrogen (secondary N) is 1. The highest BCUT2D eigenvalue weighted by Crippen LogP contribution is 2.28. The molecule has 0 saturated heterocycles. The number of methoxy groups -OCH3 is 1. The molecular weight excluding hydrogens is 385 g/mol. The maximum absolute atomic E-state index is 12.6. The number of hydrogen-bond acceptors (Lipinski definition) is 3. The van der Waals surface area contributed by atoms with E-state index in [1.54, 1.807) is 25.3 Å². The highest BCUT2D eigenvalue weighted by molar-refractivity contribution is 6.44. The van der Waals surface area contributed by atoms with E-state index in [9.17, 15) is 4.79 Å². The zero-order valence-electron chi connectivity index (χ0n) is 15.2. The Morgan fingerprint density at radius 3 is 2.67 bits per heavy atom. The number of hydrogen-bond donors (Lipinski definition) is 1. The summed E-state index contributed by atoms with van der Waals surface area (Å²) < 4.78 is 7.11. The SMILES string of the molecule is COc1cccc(Cn2nc(C)c(NC(=O)c3cccc(Cl)c3Cl)c2C)c1. The summed E-state index contributed by atoms with van der Waals surface area (Å²) in [7, 11) is 1.64. The Morgan fingerprint density at radius 2 is 1.93 bits per heavy atom. The number of ether oxygens (including phenoxy) is 1. The third-order valence-corrected chi connectivity index (χ3v) is 5.10. The van der Waals surface area contributed by atoms with Crippen LogP contribution in [0.1, 0.15) is 27.3 Å². The summed E-state index contributed by atoms with van der Waals surface area (Å²) in [4.78, 5) is 12.6. The molecule has 3 aromatic rings. The van der Waals surface area contributed by atoms with Gasteiger partial charge >= 0.3 is 0 Å². The first-order valence-electron chi connectivity index (χ1n) is 8.33. The van der Waals surface area contributed by atoms with Crippen molar-refractivity contribution < 1.29 is 9.53 Å². The quantitative estimate of drug-likeness (QED) is 0.643. The first-order chi connectivity index (χ1) is 12.9. The van der Waals surface area contributed by atoms with E-state index in [0.29, 0.717) is 22.8 Å². The minimum Gasteiger partial charge on any atom is -0.497 e. The summed E-state index contributed by atoms with van der Waals surface area (Å²) in [5.74, 6) is 0.466. The van der Waals surface area contributed by atoms with Gasteiger partial charge in [-0.15, -0.1) is 0 Å². The van der Waals surface area contributed by atoms with Gasteiger partial charge in [0.25, 0.3) is 5.91 Å². The zero-order chi connectivity index (χ0) is 19.6. The third kappa shape index (κ3) is 4.10. The van der Waals surface area contributed by atoms with Crippen LogP contribution in [-0.2, 0) is 6.54 Å². The molecule has 0 bridgehead atoms. The standard InChI is InChI=1S/C20H19Cl2N3O2/c1-12-19(23-20(26)16-8-5-9-17(21)18(16)22)13(2)25(24-12)11-14-6-4-7-15(10-14)27-3/h4-10H,11H2,1-3H3,(H,23,26). The second kappa shape index (κ2) is 8.03. The van der Waals surface area contributed by atoms with Crippen LogP contribution in [0.2, 0.25) is 10.0 Å². The molecule has 1 heterocycles. The topological polar surface area (TPSA) is 56.1 Å². The molecule has 2 aromatic carbocycles. The molecule has 0 aliphatic heterocycles. The van der Waals surface area contributed by atoms with Crippen molar-refractivity contribution in [1.82, 2.24) is 9.78 Å². The fourth-order valence-corrected chi connectivity index (χ4v) is 3.22. The van der Waals surface area contributed by atoms with Crippen molar-refractivity contribution in [1.29, 1.82) is 0 Å². The molecule has 5 nitrogen and oxygen atoms in total. The minimum atomic E-state index is -0.324. The van der Waals surface area contributed by atoms with Gasteiger partial charge in [0.2, 0.25) is 0 Å². The second-order valence-corrected chi connectivity index (χ2v) is 6.90. The van der Waals surface area contributed by atoms with Gasteiger partial charge in [0, 0.05) is 0 Å². The van der Waals surface area contributed by atoms with Gasteiger partial charge in [-0.1, -0.05) is 41.4 Å². The molecule has 140 valence electrons. The Labute approximate surface area is 167 Å². The van der Waals surface area contributed by atoms with Gasteiger partial charge < -0.3 is 10.1 Å². The molecular formula is C20H19Cl2N3O2. The maximum atomic E-state index is 12.6.